The zero-order valence-corrected chi connectivity index (χ0v) is 19.6. The molecule has 4 aromatic rings. The van der Waals surface area contributed by atoms with E-state index in [9.17, 15) is 9.18 Å². The minimum absolute atomic E-state index is 0.265. The van der Waals surface area contributed by atoms with Crippen molar-refractivity contribution in [3.8, 4) is 17.0 Å². The van der Waals surface area contributed by atoms with Crippen LogP contribution in [0.3, 0.4) is 0 Å². The molecule has 1 saturated heterocycles. The lowest BCUT2D eigenvalue weighted by atomic mass is 10.0. The number of ether oxygens (including phenoxy) is 1. The highest BCUT2D eigenvalue weighted by molar-refractivity contribution is 5.85. The molecule has 2 aromatic carbocycles. The Bertz CT molecular complexity index is 1280. The van der Waals surface area contributed by atoms with Gasteiger partial charge in [0.2, 0.25) is 5.88 Å². The standard InChI is InChI=1S/C28H29FN4O2/c29-25-9-7-21(18-24(25)22-8-10-26-23(19-22)11-13-30-26)20-33(17-5-16-32-14-3-4-15-32)28(34)35-27-6-1-2-12-31-27/h1-2,6-13,18-19,30H,3-5,14-17,20H2. The number of hydrogen-bond donors (Lipinski definition) is 1. The number of nitrogens with zero attached hydrogens (tertiary/aromatic N) is 3. The summed E-state index contributed by atoms with van der Waals surface area (Å²) in [5, 5.41) is 1.02. The molecule has 0 spiro atoms. The Morgan fingerprint density at radius 1 is 1.09 bits per heavy atom. The van der Waals surface area contributed by atoms with Crippen LogP contribution in [0, 0.1) is 5.82 Å². The number of amides is 1. The Morgan fingerprint density at radius 3 is 2.80 bits per heavy atom. The van der Waals surface area contributed by atoms with Crippen LogP contribution >= 0.6 is 0 Å². The maximum Gasteiger partial charge on any atom is 0.416 e. The number of hydrogen-bond acceptors (Lipinski definition) is 4. The Balaban J connectivity index is 1.34. The fourth-order valence-corrected chi connectivity index (χ4v) is 4.62. The summed E-state index contributed by atoms with van der Waals surface area (Å²) >= 11 is 0. The van der Waals surface area contributed by atoms with E-state index in [2.05, 4.69) is 14.9 Å². The Labute approximate surface area is 204 Å². The van der Waals surface area contributed by atoms with Crippen molar-refractivity contribution >= 4 is 17.0 Å². The van der Waals surface area contributed by atoms with E-state index >= 15 is 0 Å². The van der Waals surface area contributed by atoms with Crippen molar-refractivity contribution < 1.29 is 13.9 Å². The number of halogens is 1. The third kappa shape index (κ3) is 5.69. The van der Waals surface area contributed by atoms with Crippen LogP contribution in [-0.4, -0.2) is 52.0 Å². The first-order valence-corrected chi connectivity index (χ1v) is 12.1. The van der Waals surface area contributed by atoms with Crippen molar-refractivity contribution in [1.82, 2.24) is 19.8 Å². The molecule has 7 heteroatoms. The molecule has 0 radical (unpaired) electrons. The summed E-state index contributed by atoms with van der Waals surface area (Å²) in [5.41, 5.74) is 3.16. The summed E-state index contributed by atoms with van der Waals surface area (Å²) in [6.07, 6.45) is 6.32. The van der Waals surface area contributed by atoms with Crippen LogP contribution in [0.4, 0.5) is 9.18 Å². The van der Waals surface area contributed by atoms with Crippen molar-refractivity contribution in [1.29, 1.82) is 0 Å². The molecule has 1 aliphatic heterocycles. The Morgan fingerprint density at radius 2 is 1.97 bits per heavy atom. The summed E-state index contributed by atoms with van der Waals surface area (Å²) < 4.78 is 20.3. The van der Waals surface area contributed by atoms with Crippen LogP contribution in [0.25, 0.3) is 22.0 Å². The van der Waals surface area contributed by atoms with Gasteiger partial charge in [0, 0.05) is 42.6 Å². The number of pyridine rings is 1. The summed E-state index contributed by atoms with van der Waals surface area (Å²) in [5.74, 6) is -0.0260. The quantitative estimate of drug-likeness (QED) is 0.349. The van der Waals surface area contributed by atoms with Crippen molar-refractivity contribution in [2.24, 2.45) is 0 Å². The SMILES string of the molecule is O=C(Oc1ccccn1)N(CCCN1CCCC1)Cc1ccc(F)c(-c2ccc3[nH]ccc3c2)c1. The molecule has 1 aliphatic rings. The topological polar surface area (TPSA) is 61.5 Å². The van der Waals surface area contributed by atoms with Gasteiger partial charge in [-0.25, -0.2) is 14.2 Å². The fourth-order valence-electron chi connectivity index (χ4n) is 4.62. The van der Waals surface area contributed by atoms with E-state index in [4.69, 9.17) is 4.74 Å². The molecule has 3 heterocycles. The first kappa shape index (κ1) is 23.1. The van der Waals surface area contributed by atoms with Gasteiger partial charge in [-0.3, -0.25) is 0 Å². The van der Waals surface area contributed by atoms with Crippen LogP contribution in [0.1, 0.15) is 24.8 Å². The Hall–Kier alpha value is -3.71. The van der Waals surface area contributed by atoms with Gasteiger partial charge in [0.1, 0.15) is 5.82 Å². The van der Waals surface area contributed by atoms with Gasteiger partial charge in [-0.2, -0.15) is 0 Å². The average Bonchev–Trinajstić information content (AvgIpc) is 3.57. The molecule has 0 unspecified atom stereocenters. The molecule has 180 valence electrons. The second-order valence-corrected chi connectivity index (χ2v) is 8.95. The van der Waals surface area contributed by atoms with E-state index < -0.39 is 6.09 Å². The van der Waals surface area contributed by atoms with Crippen LogP contribution < -0.4 is 4.74 Å². The maximum atomic E-state index is 14.8. The molecule has 1 N–H and O–H groups in total. The molecule has 2 aromatic heterocycles. The van der Waals surface area contributed by atoms with Crippen LogP contribution in [0.5, 0.6) is 5.88 Å². The number of carbonyl (C=O) groups is 1. The van der Waals surface area contributed by atoms with Crippen LogP contribution in [0.15, 0.2) is 73.1 Å². The molecular weight excluding hydrogens is 443 g/mol. The lowest BCUT2D eigenvalue weighted by Gasteiger charge is -2.24. The van der Waals surface area contributed by atoms with Crippen molar-refractivity contribution in [3.63, 3.8) is 0 Å². The monoisotopic (exact) mass is 472 g/mol. The predicted molar refractivity (Wildman–Crippen MR) is 135 cm³/mol. The molecule has 1 amide bonds. The summed E-state index contributed by atoms with van der Waals surface area (Å²) in [6.45, 7) is 4.05. The van der Waals surface area contributed by atoms with Gasteiger partial charge in [0.25, 0.3) is 0 Å². The number of aromatic nitrogens is 2. The molecule has 6 nitrogen and oxygen atoms in total. The first-order valence-electron chi connectivity index (χ1n) is 12.1. The normalized spacial score (nSPS) is 13.9. The van der Waals surface area contributed by atoms with Gasteiger partial charge in [-0.05, 0) is 91.8 Å². The molecule has 0 saturated carbocycles. The largest absolute Gasteiger partial charge is 0.416 e. The van der Waals surface area contributed by atoms with Crippen molar-refractivity contribution in [2.45, 2.75) is 25.8 Å². The van der Waals surface area contributed by atoms with Gasteiger partial charge in [-0.1, -0.05) is 18.2 Å². The number of likely N-dealkylation sites (tertiary alicyclic amines) is 1. The molecule has 35 heavy (non-hydrogen) atoms. The van der Waals surface area contributed by atoms with E-state index in [0.29, 0.717) is 18.7 Å². The Kier molecular flexibility index (Phi) is 7.04. The van der Waals surface area contributed by atoms with Gasteiger partial charge >= 0.3 is 6.09 Å². The third-order valence-corrected chi connectivity index (χ3v) is 6.46. The minimum atomic E-state index is -0.454. The van der Waals surface area contributed by atoms with Crippen LogP contribution in [-0.2, 0) is 6.54 Å². The lowest BCUT2D eigenvalue weighted by Crippen LogP contribution is -2.35. The molecule has 0 bridgehead atoms. The van der Waals surface area contributed by atoms with Gasteiger partial charge in [0.15, 0.2) is 0 Å². The zero-order valence-electron chi connectivity index (χ0n) is 19.6. The second kappa shape index (κ2) is 10.7. The van der Waals surface area contributed by atoms with Gasteiger partial charge in [-0.15, -0.1) is 0 Å². The number of H-pyrrole nitrogens is 1. The maximum absolute atomic E-state index is 14.8. The fraction of sp³-hybridized carbons (Fsp3) is 0.286. The van der Waals surface area contributed by atoms with Crippen molar-refractivity contribution in [2.75, 3.05) is 26.2 Å². The zero-order chi connectivity index (χ0) is 24.0. The summed E-state index contributed by atoms with van der Waals surface area (Å²) in [4.78, 5) is 24.4. The van der Waals surface area contributed by atoms with Crippen LogP contribution in [0.2, 0.25) is 0 Å². The molecule has 1 fully saturated rings. The van der Waals surface area contributed by atoms with Gasteiger partial charge < -0.3 is 19.5 Å². The third-order valence-electron chi connectivity index (χ3n) is 6.46. The van der Waals surface area contributed by atoms with Crippen molar-refractivity contribution in [3.05, 3.63) is 84.4 Å². The first-order chi connectivity index (χ1) is 17.2. The van der Waals surface area contributed by atoms with E-state index in [-0.39, 0.29) is 11.7 Å². The molecule has 0 aliphatic carbocycles. The number of carbonyl (C=O) groups excluding carboxylic acids is 1. The average molecular weight is 473 g/mol. The lowest BCUT2D eigenvalue weighted by molar-refractivity contribution is 0.144. The number of aromatic amines is 1. The number of rotatable bonds is 8. The molecule has 5 rings (SSSR count). The number of fused-ring (bicyclic) bond motifs is 1. The smallest absolute Gasteiger partial charge is 0.391 e. The number of nitrogens with one attached hydrogen (secondary N) is 1. The highest BCUT2D eigenvalue weighted by Crippen LogP contribution is 2.28. The van der Waals surface area contributed by atoms with E-state index in [0.717, 1.165) is 48.1 Å². The van der Waals surface area contributed by atoms with E-state index in [1.54, 1.807) is 35.4 Å². The minimum Gasteiger partial charge on any atom is -0.391 e. The highest BCUT2D eigenvalue weighted by atomic mass is 19.1. The molecule has 0 atom stereocenters. The summed E-state index contributed by atoms with van der Waals surface area (Å²) in [6, 6.07) is 18.0. The molecular formula is C28H29FN4O2. The van der Waals surface area contributed by atoms with E-state index in [1.165, 1.54) is 18.9 Å². The predicted octanol–water partition coefficient (Wildman–Crippen LogP) is 5.86. The second-order valence-electron chi connectivity index (χ2n) is 8.95. The summed E-state index contributed by atoms with van der Waals surface area (Å²) in [7, 11) is 0. The van der Waals surface area contributed by atoms with Gasteiger partial charge in [0.05, 0.1) is 0 Å². The van der Waals surface area contributed by atoms with E-state index in [1.807, 2.05) is 36.5 Å². The number of benzene rings is 2. The highest BCUT2D eigenvalue weighted by Gasteiger charge is 2.19.